The van der Waals surface area contributed by atoms with Gasteiger partial charge in [0.25, 0.3) is 0 Å². The third-order valence-electron chi connectivity index (χ3n) is 5.34. The first-order chi connectivity index (χ1) is 11.7. The second kappa shape index (κ2) is 9.51. The number of benzene rings is 1. The first-order valence-electron chi connectivity index (χ1n) is 9.12. The number of likely N-dealkylation sites (N-methyl/N-ethyl adjacent to an activating group) is 1. The fraction of sp³-hybridized carbons (Fsp3) is 0.632. The summed E-state index contributed by atoms with van der Waals surface area (Å²) in [7, 11) is 1.97. The van der Waals surface area contributed by atoms with Crippen molar-refractivity contribution in [2.75, 3.05) is 26.7 Å². The third-order valence-corrected chi connectivity index (χ3v) is 5.34. The molecule has 0 bridgehead atoms. The highest BCUT2D eigenvalue weighted by molar-refractivity contribution is 5.85. The van der Waals surface area contributed by atoms with Crippen LogP contribution < -0.4 is 5.32 Å². The van der Waals surface area contributed by atoms with Gasteiger partial charge >= 0.3 is 0 Å². The average molecular weight is 370 g/mol. The van der Waals surface area contributed by atoms with E-state index >= 15 is 0 Å². The summed E-state index contributed by atoms with van der Waals surface area (Å²) >= 11 is 0. The van der Waals surface area contributed by atoms with E-state index in [2.05, 4.69) is 10.2 Å². The largest absolute Gasteiger partial charge is 0.340 e. The van der Waals surface area contributed by atoms with Crippen LogP contribution in [0.3, 0.4) is 0 Å². The summed E-state index contributed by atoms with van der Waals surface area (Å²) in [6, 6.07) is 7.03. The number of hydrogen-bond donors (Lipinski definition) is 1. The molecule has 0 saturated carbocycles. The average Bonchev–Trinajstić information content (AvgIpc) is 2.63. The van der Waals surface area contributed by atoms with Crippen LogP contribution in [0.2, 0.25) is 0 Å². The van der Waals surface area contributed by atoms with Gasteiger partial charge in [0.2, 0.25) is 5.91 Å². The Kier molecular flexibility index (Phi) is 7.66. The quantitative estimate of drug-likeness (QED) is 0.886. The van der Waals surface area contributed by atoms with E-state index in [9.17, 15) is 9.18 Å². The van der Waals surface area contributed by atoms with Gasteiger partial charge in [-0.2, -0.15) is 0 Å². The maximum absolute atomic E-state index is 13.1. The highest BCUT2D eigenvalue weighted by Crippen LogP contribution is 2.23. The van der Waals surface area contributed by atoms with Crippen molar-refractivity contribution < 1.29 is 9.18 Å². The van der Waals surface area contributed by atoms with E-state index in [1.54, 1.807) is 0 Å². The van der Waals surface area contributed by atoms with Gasteiger partial charge in [-0.15, -0.1) is 12.4 Å². The molecule has 0 spiro atoms. The lowest BCUT2D eigenvalue weighted by molar-refractivity contribution is -0.140. The van der Waals surface area contributed by atoms with E-state index < -0.39 is 0 Å². The molecule has 2 atom stereocenters. The lowest BCUT2D eigenvalue weighted by Gasteiger charge is -2.40. The molecule has 0 aliphatic carbocycles. The molecule has 2 aliphatic heterocycles. The normalized spacial score (nSPS) is 24.6. The highest BCUT2D eigenvalue weighted by Gasteiger charge is 2.33. The number of carbonyl (C=O) groups excluding carboxylic acids is 1. The van der Waals surface area contributed by atoms with E-state index in [1.165, 1.54) is 12.1 Å². The number of rotatable bonds is 4. The van der Waals surface area contributed by atoms with Crippen molar-refractivity contribution in [3.63, 3.8) is 0 Å². The first kappa shape index (κ1) is 20.1. The van der Waals surface area contributed by atoms with Gasteiger partial charge in [-0.1, -0.05) is 18.6 Å². The standard InChI is InChI=1S/C19H28FN3O.ClH/c1-21-17-5-4-12-23(14-17)19(24)18-6-2-3-11-22(18)13-15-7-9-16(20)10-8-15;/h7-10,17-18,21H,2-6,11-14H2,1H3;1H. The molecule has 0 aromatic heterocycles. The molecule has 25 heavy (non-hydrogen) atoms. The van der Waals surface area contributed by atoms with Crippen molar-refractivity contribution in [1.29, 1.82) is 0 Å². The number of nitrogens with zero attached hydrogens (tertiary/aromatic N) is 2. The number of carbonyl (C=O) groups is 1. The van der Waals surface area contributed by atoms with Gasteiger partial charge in [-0.3, -0.25) is 9.69 Å². The second-order valence-corrected chi connectivity index (χ2v) is 7.02. The minimum absolute atomic E-state index is 0. The molecule has 2 saturated heterocycles. The molecule has 1 N–H and O–H groups in total. The van der Waals surface area contributed by atoms with Crippen molar-refractivity contribution >= 4 is 18.3 Å². The molecule has 140 valence electrons. The molecule has 2 heterocycles. The predicted octanol–water partition coefficient (Wildman–Crippen LogP) is 2.81. The van der Waals surface area contributed by atoms with Gasteiger partial charge in [0, 0.05) is 25.7 Å². The van der Waals surface area contributed by atoms with Crippen LogP contribution in [-0.4, -0.2) is 54.5 Å². The molecule has 0 radical (unpaired) electrons. The molecule has 2 aliphatic rings. The van der Waals surface area contributed by atoms with E-state index in [4.69, 9.17) is 0 Å². The molecule has 3 rings (SSSR count). The molecule has 1 amide bonds. The summed E-state index contributed by atoms with van der Waals surface area (Å²) in [6.45, 7) is 3.35. The Balaban J connectivity index is 0.00000225. The van der Waals surface area contributed by atoms with Crippen LogP contribution in [0.4, 0.5) is 4.39 Å². The zero-order chi connectivity index (χ0) is 16.9. The number of likely N-dealkylation sites (tertiary alicyclic amines) is 2. The van der Waals surface area contributed by atoms with Crippen molar-refractivity contribution in [3.8, 4) is 0 Å². The minimum Gasteiger partial charge on any atom is -0.340 e. The number of piperidine rings is 2. The second-order valence-electron chi connectivity index (χ2n) is 7.02. The van der Waals surface area contributed by atoms with Crippen LogP contribution in [-0.2, 0) is 11.3 Å². The molecular formula is C19H29ClFN3O. The van der Waals surface area contributed by atoms with Gasteiger partial charge in [0.15, 0.2) is 0 Å². The Morgan fingerprint density at radius 3 is 2.64 bits per heavy atom. The van der Waals surface area contributed by atoms with Crippen LogP contribution in [0, 0.1) is 5.82 Å². The number of halogens is 2. The Morgan fingerprint density at radius 2 is 1.92 bits per heavy atom. The zero-order valence-corrected chi connectivity index (χ0v) is 15.7. The van der Waals surface area contributed by atoms with Gasteiger partial charge in [-0.05, 0) is 57.0 Å². The number of amides is 1. The van der Waals surface area contributed by atoms with E-state index in [0.717, 1.165) is 63.8 Å². The summed E-state index contributed by atoms with van der Waals surface area (Å²) in [5.74, 6) is 0.0632. The van der Waals surface area contributed by atoms with Crippen molar-refractivity contribution in [2.24, 2.45) is 0 Å². The smallest absolute Gasteiger partial charge is 0.239 e. The maximum atomic E-state index is 13.1. The summed E-state index contributed by atoms with van der Waals surface area (Å²) in [6.07, 6.45) is 5.39. The number of nitrogens with one attached hydrogen (secondary N) is 1. The van der Waals surface area contributed by atoms with E-state index in [0.29, 0.717) is 6.04 Å². The van der Waals surface area contributed by atoms with Crippen LogP contribution >= 0.6 is 12.4 Å². The molecule has 1 aromatic carbocycles. The summed E-state index contributed by atoms with van der Waals surface area (Å²) in [5.41, 5.74) is 1.07. The third kappa shape index (κ3) is 5.16. The van der Waals surface area contributed by atoms with Crippen LogP contribution in [0.25, 0.3) is 0 Å². The Bertz CT molecular complexity index is 554. The SMILES string of the molecule is CNC1CCCN(C(=O)C2CCCCN2Cc2ccc(F)cc2)C1.Cl. The maximum Gasteiger partial charge on any atom is 0.239 e. The van der Waals surface area contributed by atoms with Gasteiger partial charge in [-0.25, -0.2) is 4.39 Å². The summed E-state index contributed by atoms with van der Waals surface area (Å²) in [4.78, 5) is 17.4. The van der Waals surface area contributed by atoms with Crippen LogP contribution in [0.15, 0.2) is 24.3 Å². The van der Waals surface area contributed by atoms with E-state index in [1.807, 2.05) is 24.1 Å². The van der Waals surface area contributed by atoms with Crippen LogP contribution in [0.5, 0.6) is 0 Å². The lowest BCUT2D eigenvalue weighted by Crippen LogP contribution is -2.55. The number of hydrogen-bond acceptors (Lipinski definition) is 3. The van der Waals surface area contributed by atoms with Gasteiger partial charge < -0.3 is 10.2 Å². The van der Waals surface area contributed by atoms with E-state index in [-0.39, 0.29) is 30.2 Å². The minimum atomic E-state index is -0.212. The highest BCUT2D eigenvalue weighted by atomic mass is 35.5. The van der Waals surface area contributed by atoms with Gasteiger partial charge in [0.1, 0.15) is 5.82 Å². The Morgan fingerprint density at radius 1 is 1.16 bits per heavy atom. The summed E-state index contributed by atoms with van der Waals surface area (Å²) < 4.78 is 13.1. The topological polar surface area (TPSA) is 35.6 Å². The van der Waals surface area contributed by atoms with Crippen molar-refractivity contribution in [1.82, 2.24) is 15.1 Å². The van der Waals surface area contributed by atoms with Crippen molar-refractivity contribution in [3.05, 3.63) is 35.6 Å². The molecule has 6 heteroatoms. The predicted molar refractivity (Wildman–Crippen MR) is 100 cm³/mol. The monoisotopic (exact) mass is 369 g/mol. The fourth-order valence-electron chi connectivity index (χ4n) is 3.91. The Labute approximate surface area is 156 Å². The fourth-order valence-corrected chi connectivity index (χ4v) is 3.91. The van der Waals surface area contributed by atoms with Crippen LogP contribution in [0.1, 0.15) is 37.7 Å². The molecule has 2 unspecified atom stereocenters. The van der Waals surface area contributed by atoms with Gasteiger partial charge in [0.05, 0.1) is 6.04 Å². The molecule has 2 fully saturated rings. The molecule has 1 aromatic rings. The first-order valence-corrected chi connectivity index (χ1v) is 9.12. The molecule has 4 nitrogen and oxygen atoms in total. The Hall–Kier alpha value is -1.17. The molecular weight excluding hydrogens is 341 g/mol. The zero-order valence-electron chi connectivity index (χ0n) is 14.9. The summed E-state index contributed by atoms with van der Waals surface area (Å²) in [5, 5.41) is 3.31. The lowest BCUT2D eigenvalue weighted by atomic mass is 9.98. The van der Waals surface area contributed by atoms with Crippen molar-refractivity contribution in [2.45, 2.75) is 50.7 Å².